The van der Waals surface area contributed by atoms with Crippen molar-refractivity contribution in [1.82, 2.24) is 10.6 Å². The summed E-state index contributed by atoms with van der Waals surface area (Å²) in [5.74, 6) is -0.915. The van der Waals surface area contributed by atoms with Crippen molar-refractivity contribution in [3.8, 4) is 0 Å². The summed E-state index contributed by atoms with van der Waals surface area (Å²) in [6.45, 7) is 5.51. The summed E-state index contributed by atoms with van der Waals surface area (Å²) in [7, 11) is 0. The highest BCUT2D eigenvalue weighted by Crippen LogP contribution is 1.91. The fourth-order valence-corrected chi connectivity index (χ4v) is 0.904. The van der Waals surface area contributed by atoms with Crippen molar-refractivity contribution in [3.05, 3.63) is 0 Å². The minimum absolute atomic E-state index is 0.0616. The summed E-state index contributed by atoms with van der Waals surface area (Å²) in [6.07, 6.45) is 0.786. The van der Waals surface area contributed by atoms with E-state index in [9.17, 15) is 9.59 Å². The van der Waals surface area contributed by atoms with Gasteiger partial charge in [0.25, 0.3) is 0 Å². The van der Waals surface area contributed by atoms with E-state index in [0.717, 1.165) is 6.42 Å². The topological polar surface area (TPSA) is 78.4 Å². The Hall–Kier alpha value is -1.26. The molecule has 0 heterocycles. The van der Waals surface area contributed by atoms with E-state index in [1.54, 1.807) is 6.92 Å². The van der Waals surface area contributed by atoms with Crippen LogP contribution in [0.5, 0.6) is 0 Å². The van der Waals surface area contributed by atoms with Crippen LogP contribution < -0.4 is 10.6 Å². The molecule has 5 nitrogen and oxygen atoms in total. The number of rotatable bonds is 5. The Balaban J connectivity index is 3.76. The van der Waals surface area contributed by atoms with E-state index < -0.39 is 5.97 Å². The van der Waals surface area contributed by atoms with Crippen LogP contribution in [0.3, 0.4) is 0 Å². The van der Waals surface area contributed by atoms with Gasteiger partial charge in [-0.15, -0.1) is 0 Å². The summed E-state index contributed by atoms with van der Waals surface area (Å²) in [6, 6.07) is -0.559. The lowest BCUT2D eigenvalue weighted by Crippen LogP contribution is -2.44. The molecule has 3 N–H and O–H groups in total. The molecule has 2 atom stereocenters. The van der Waals surface area contributed by atoms with E-state index in [2.05, 4.69) is 10.6 Å². The molecule has 0 aromatic rings. The first kappa shape index (κ1) is 12.7. The number of hydrogen-bond donors (Lipinski definition) is 3. The summed E-state index contributed by atoms with van der Waals surface area (Å²) in [4.78, 5) is 21.5. The number of carbonyl (C=O) groups is 2. The maximum absolute atomic E-state index is 11.2. The maximum atomic E-state index is 11.2. The lowest BCUT2D eigenvalue weighted by molar-refractivity contribution is -0.137. The third-order valence-electron chi connectivity index (χ3n) is 1.85. The van der Waals surface area contributed by atoms with Gasteiger partial charge in [-0.1, -0.05) is 6.92 Å². The fourth-order valence-electron chi connectivity index (χ4n) is 0.904. The Labute approximate surface area is 83.9 Å². The first-order valence-corrected chi connectivity index (χ1v) is 4.74. The van der Waals surface area contributed by atoms with Gasteiger partial charge in [-0.25, -0.2) is 4.79 Å². The van der Waals surface area contributed by atoms with Gasteiger partial charge in [0, 0.05) is 12.1 Å². The van der Waals surface area contributed by atoms with Crippen LogP contribution in [0.15, 0.2) is 0 Å². The van der Waals surface area contributed by atoms with Crippen LogP contribution in [0.4, 0.5) is 4.79 Å². The average molecular weight is 202 g/mol. The highest BCUT2D eigenvalue weighted by Gasteiger charge is 2.11. The quantitative estimate of drug-likeness (QED) is 0.621. The lowest BCUT2D eigenvalue weighted by atomic mass is 10.2. The molecule has 2 unspecified atom stereocenters. The molecule has 0 saturated heterocycles. The Morgan fingerprint density at radius 3 is 2.14 bits per heavy atom. The number of carboxylic acids is 1. The molecule has 5 heteroatoms. The Kier molecular flexibility index (Phi) is 5.67. The molecule has 2 amide bonds. The number of carboxylic acid groups (broad SMARTS) is 1. The zero-order valence-corrected chi connectivity index (χ0v) is 8.83. The van der Waals surface area contributed by atoms with Crippen LogP contribution in [0.25, 0.3) is 0 Å². The fraction of sp³-hybridized carbons (Fsp3) is 0.778. The Morgan fingerprint density at radius 1 is 1.21 bits per heavy atom. The predicted octanol–water partition coefficient (Wildman–Crippen LogP) is 0.947. The molecule has 0 spiro atoms. The van der Waals surface area contributed by atoms with Crippen LogP contribution in [0.2, 0.25) is 0 Å². The first-order valence-electron chi connectivity index (χ1n) is 4.74. The van der Waals surface area contributed by atoms with Crippen molar-refractivity contribution < 1.29 is 14.7 Å². The van der Waals surface area contributed by atoms with Gasteiger partial charge < -0.3 is 15.7 Å². The Bertz CT molecular complexity index is 206. The van der Waals surface area contributed by atoms with Crippen LogP contribution in [-0.2, 0) is 4.79 Å². The number of amides is 2. The average Bonchev–Trinajstić information content (AvgIpc) is 2.01. The van der Waals surface area contributed by atoms with E-state index in [1.165, 1.54) is 0 Å². The van der Waals surface area contributed by atoms with Crippen LogP contribution >= 0.6 is 0 Å². The van der Waals surface area contributed by atoms with E-state index in [1.807, 2.05) is 13.8 Å². The van der Waals surface area contributed by atoms with Gasteiger partial charge >= 0.3 is 12.0 Å². The third kappa shape index (κ3) is 6.28. The van der Waals surface area contributed by atoms with Gasteiger partial charge in [0.15, 0.2) is 0 Å². The Morgan fingerprint density at radius 2 is 1.71 bits per heavy atom. The van der Waals surface area contributed by atoms with Crippen molar-refractivity contribution >= 4 is 12.0 Å². The molecule has 0 fully saturated rings. The SMILES string of the molecule is CCC(C)NC(=O)NC(C)CC(=O)O. The monoisotopic (exact) mass is 202 g/mol. The van der Waals surface area contributed by atoms with Crippen LogP contribution in [-0.4, -0.2) is 29.2 Å². The standard InChI is InChI=1S/C9H18N2O3/c1-4-6(2)10-9(14)11-7(3)5-8(12)13/h6-7H,4-5H2,1-3H3,(H,12,13)(H2,10,11,14). The van der Waals surface area contributed by atoms with Crippen molar-refractivity contribution in [1.29, 1.82) is 0 Å². The molecule has 0 aliphatic carbocycles. The molecule has 82 valence electrons. The normalized spacial score (nSPS) is 14.2. The van der Waals surface area contributed by atoms with E-state index in [4.69, 9.17) is 5.11 Å². The first-order chi connectivity index (χ1) is 6.45. The number of urea groups is 1. The largest absolute Gasteiger partial charge is 0.481 e. The number of hydrogen-bond acceptors (Lipinski definition) is 2. The van der Waals surface area contributed by atoms with E-state index in [0.29, 0.717) is 0 Å². The van der Waals surface area contributed by atoms with Crippen molar-refractivity contribution in [2.75, 3.05) is 0 Å². The molecule has 0 aliphatic heterocycles. The smallest absolute Gasteiger partial charge is 0.315 e. The summed E-state index contributed by atoms with van der Waals surface area (Å²) < 4.78 is 0. The minimum Gasteiger partial charge on any atom is -0.481 e. The highest BCUT2D eigenvalue weighted by atomic mass is 16.4. The van der Waals surface area contributed by atoms with Gasteiger partial charge in [-0.05, 0) is 20.3 Å². The van der Waals surface area contributed by atoms with Gasteiger partial charge in [-0.3, -0.25) is 4.79 Å². The zero-order valence-electron chi connectivity index (χ0n) is 8.83. The number of nitrogens with one attached hydrogen (secondary N) is 2. The third-order valence-corrected chi connectivity index (χ3v) is 1.85. The van der Waals surface area contributed by atoms with Crippen LogP contribution in [0.1, 0.15) is 33.6 Å². The molecule has 0 aromatic heterocycles. The number of aliphatic carboxylic acids is 1. The molecular formula is C9H18N2O3. The van der Waals surface area contributed by atoms with Gasteiger partial charge in [0.1, 0.15) is 0 Å². The molecular weight excluding hydrogens is 184 g/mol. The van der Waals surface area contributed by atoms with Crippen molar-refractivity contribution in [2.24, 2.45) is 0 Å². The lowest BCUT2D eigenvalue weighted by Gasteiger charge is -2.15. The minimum atomic E-state index is -0.915. The summed E-state index contributed by atoms with van der Waals surface area (Å²) in [5.41, 5.74) is 0. The van der Waals surface area contributed by atoms with Gasteiger partial charge in [-0.2, -0.15) is 0 Å². The predicted molar refractivity (Wildman–Crippen MR) is 53.1 cm³/mol. The zero-order chi connectivity index (χ0) is 11.1. The molecule has 0 bridgehead atoms. The summed E-state index contributed by atoms with van der Waals surface area (Å²) in [5, 5.41) is 13.7. The van der Waals surface area contributed by atoms with Gasteiger partial charge in [0.2, 0.25) is 0 Å². The van der Waals surface area contributed by atoms with Crippen molar-refractivity contribution in [3.63, 3.8) is 0 Å². The second kappa shape index (κ2) is 6.23. The second-order valence-corrected chi connectivity index (χ2v) is 3.43. The maximum Gasteiger partial charge on any atom is 0.315 e. The number of carbonyl (C=O) groups excluding carboxylic acids is 1. The van der Waals surface area contributed by atoms with E-state index in [-0.39, 0.29) is 24.5 Å². The van der Waals surface area contributed by atoms with E-state index >= 15 is 0 Å². The molecule has 0 rings (SSSR count). The highest BCUT2D eigenvalue weighted by molar-refractivity contribution is 5.75. The summed E-state index contributed by atoms with van der Waals surface area (Å²) >= 11 is 0. The molecule has 0 saturated carbocycles. The molecule has 0 aromatic carbocycles. The molecule has 14 heavy (non-hydrogen) atoms. The van der Waals surface area contributed by atoms with Gasteiger partial charge in [0.05, 0.1) is 6.42 Å². The second-order valence-electron chi connectivity index (χ2n) is 3.43. The van der Waals surface area contributed by atoms with Crippen LogP contribution in [0, 0.1) is 0 Å². The molecule has 0 radical (unpaired) electrons. The van der Waals surface area contributed by atoms with Crippen molar-refractivity contribution in [2.45, 2.75) is 45.7 Å². The molecule has 0 aliphatic rings.